The molecule has 0 spiro atoms. The number of rotatable bonds is 8. The van der Waals surface area contributed by atoms with Crippen LogP contribution in [0.5, 0.6) is 0 Å². The summed E-state index contributed by atoms with van der Waals surface area (Å²) in [6.45, 7) is 6.29. The van der Waals surface area contributed by atoms with E-state index >= 15 is 0 Å². The highest BCUT2D eigenvalue weighted by Gasteiger charge is 2.45. The third-order valence-corrected chi connectivity index (χ3v) is 11.3. The van der Waals surface area contributed by atoms with E-state index in [0.29, 0.717) is 35.3 Å². The van der Waals surface area contributed by atoms with Gasteiger partial charge in [-0.1, -0.05) is 6.07 Å². The van der Waals surface area contributed by atoms with Gasteiger partial charge in [-0.2, -0.15) is 0 Å². The number of piperidine rings is 4. The second-order valence-electron chi connectivity index (χ2n) is 14.6. The summed E-state index contributed by atoms with van der Waals surface area (Å²) >= 11 is 0. The number of likely N-dealkylation sites (tertiary alicyclic amines) is 1. The molecular formula is C38H43N9O5. The van der Waals surface area contributed by atoms with E-state index in [1.54, 1.807) is 18.3 Å². The lowest BCUT2D eigenvalue weighted by Gasteiger charge is -2.45. The van der Waals surface area contributed by atoms with Crippen LogP contribution in [-0.2, 0) is 16.1 Å². The molecule has 1 aromatic heterocycles. The minimum Gasteiger partial charge on any atom is -0.371 e. The van der Waals surface area contributed by atoms with Crippen molar-refractivity contribution in [2.24, 2.45) is 17.6 Å². The van der Waals surface area contributed by atoms with Gasteiger partial charge in [0.25, 0.3) is 17.7 Å². The minimum atomic E-state index is -0.973. The summed E-state index contributed by atoms with van der Waals surface area (Å²) in [5, 5.41) is 5.53. The van der Waals surface area contributed by atoms with Crippen LogP contribution in [0.3, 0.4) is 0 Å². The monoisotopic (exact) mass is 705 g/mol. The zero-order chi connectivity index (χ0) is 35.9. The molecular weight excluding hydrogens is 662 g/mol. The third kappa shape index (κ3) is 6.58. The highest BCUT2D eigenvalue weighted by atomic mass is 16.2. The fourth-order valence-corrected chi connectivity index (χ4v) is 8.51. The first-order chi connectivity index (χ1) is 25.2. The van der Waals surface area contributed by atoms with Crippen LogP contribution in [0.4, 0.5) is 23.0 Å². The van der Waals surface area contributed by atoms with Gasteiger partial charge in [0.15, 0.2) is 11.5 Å². The highest BCUT2D eigenvalue weighted by Crippen LogP contribution is 2.35. The van der Waals surface area contributed by atoms with Crippen molar-refractivity contribution in [1.29, 1.82) is 0 Å². The molecule has 5 amide bonds. The van der Waals surface area contributed by atoms with Gasteiger partial charge in [0, 0.05) is 57.1 Å². The van der Waals surface area contributed by atoms with E-state index < -0.39 is 35.6 Å². The number of amides is 5. The van der Waals surface area contributed by atoms with Crippen LogP contribution in [0.25, 0.3) is 0 Å². The number of carbonyl (C=O) groups excluding carboxylic acids is 5. The quantitative estimate of drug-likeness (QED) is 0.294. The molecule has 5 aliphatic heterocycles. The van der Waals surface area contributed by atoms with Crippen LogP contribution >= 0.6 is 0 Å². The fourth-order valence-electron chi connectivity index (χ4n) is 8.51. The maximum absolute atomic E-state index is 13.4. The molecule has 2 aromatic carbocycles. The summed E-state index contributed by atoms with van der Waals surface area (Å²) in [5.74, 6) is -0.368. The lowest BCUT2D eigenvalue weighted by molar-refractivity contribution is -0.136. The number of nitrogens with two attached hydrogens (primary N) is 1. The Balaban J connectivity index is 0.901. The molecule has 3 aromatic rings. The second kappa shape index (κ2) is 14.0. The smallest absolute Gasteiger partial charge is 0.271 e. The molecule has 3 atom stereocenters. The molecule has 0 bridgehead atoms. The van der Waals surface area contributed by atoms with Gasteiger partial charge in [-0.05, 0) is 98.9 Å². The number of fused-ring (bicyclic) bond motifs is 2. The Morgan fingerprint density at radius 1 is 0.846 bits per heavy atom. The topological polar surface area (TPSA) is 174 Å². The minimum absolute atomic E-state index is 0.0922. The Morgan fingerprint density at radius 3 is 2.38 bits per heavy atom. The van der Waals surface area contributed by atoms with Crippen LogP contribution < -0.4 is 26.2 Å². The molecule has 3 unspecified atom stereocenters. The number of nitrogens with one attached hydrogen (secondary N) is 2. The summed E-state index contributed by atoms with van der Waals surface area (Å²) in [7, 11) is 0. The normalized spacial score (nSPS) is 23.7. The van der Waals surface area contributed by atoms with Crippen LogP contribution in [0.15, 0.2) is 48.7 Å². The molecule has 0 aliphatic carbocycles. The molecule has 0 radical (unpaired) electrons. The largest absolute Gasteiger partial charge is 0.371 e. The van der Waals surface area contributed by atoms with Gasteiger partial charge in [-0.25, -0.2) is 9.97 Å². The van der Waals surface area contributed by atoms with Crippen molar-refractivity contribution in [3.63, 3.8) is 0 Å². The van der Waals surface area contributed by atoms with Gasteiger partial charge in [-0.15, -0.1) is 0 Å². The molecule has 8 rings (SSSR count). The number of aromatic nitrogens is 2. The SMILES string of the molecule is NC(=O)c1ncc(N2CCCCC2)nc1Nc1ccc(N2CCC3CCN(Cc4ccc5c(c4)C(=O)N(C4CCC(=O)NC4=O)C5=O)CC3C2)cc1. The van der Waals surface area contributed by atoms with E-state index in [4.69, 9.17) is 10.7 Å². The predicted molar refractivity (Wildman–Crippen MR) is 193 cm³/mol. The van der Waals surface area contributed by atoms with E-state index in [-0.39, 0.29) is 18.5 Å². The predicted octanol–water partition coefficient (Wildman–Crippen LogP) is 3.06. The molecule has 0 saturated carbocycles. The van der Waals surface area contributed by atoms with Gasteiger partial charge >= 0.3 is 0 Å². The Hall–Kier alpha value is -5.37. The molecule has 4 saturated heterocycles. The molecule has 5 aliphatic rings. The first kappa shape index (κ1) is 33.8. The van der Waals surface area contributed by atoms with Gasteiger partial charge in [0.1, 0.15) is 11.9 Å². The Morgan fingerprint density at radius 2 is 1.62 bits per heavy atom. The standard InChI is InChI=1S/C38H43N9O5/c39-34(49)33-35(42-31(19-40-33)45-14-2-1-3-15-45)41-26-5-7-27(8-6-26)46-17-13-24-12-16-44(21-25(24)22-46)20-23-4-9-28-29(18-23)38(52)47(37(28)51)30-10-11-32(48)43-36(30)50/h4-9,18-19,24-25,30H,1-3,10-17,20-22H2,(H2,39,49)(H,41,42)(H,43,48,50). The lowest BCUT2D eigenvalue weighted by Crippen LogP contribution is -2.54. The van der Waals surface area contributed by atoms with E-state index in [1.807, 2.05) is 18.2 Å². The molecule has 14 nitrogen and oxygen atoms in total. The van der Waals surface area contributed by atoms with Crippen molar-refractivity contribution in [2.75, 3.05) is 54.4 Å². The first-order valence-electron chi connectivity index (χ1n) is 18.3. The number of nitrogens with zero attached hydrogens (tertiary/aromatic N) is 6. The first-order valence-corrected chi connectivity index (χ1v) is 18.3. The maximum Gasteiger partial charge on any atom is 0.271 e. The molecule has 270 valence electrons. The van der Waals surface area contributed by atoms with Crippen LogP contribution in [0.1, 0.15) is 81.7 Å². The zero-order valence-electron chi connectivity index (χ0n) is 29.1. The van der Waals surface area contributed by atoms with Crippen LogP contribution in [0, 0.1) is 11.8 Å². The molecule has 14 heteroatoms. The third-order valence-electron chi connectivity index (χ3n) is 11.3. The van der Waals surface area contributed by atoms with Crippen LogP contribution in [0.2, 0.25) is 0 Å². The van der Waals surface area contributed by atoms with Crippen LogP contribution in [-0.4, -0.2) is 94.6 Å². The van der Waals surface area contributed by atoms with Crippen molar-refractivity contribution < 1.29 is 24.0 Å². The Bertz CT molecular complexity index is 1930. The molecule has 4 N–H and O–H groups in total. The van der Waals surface area contributed by atoms with Crippen molar-refractivity contribution in [2.45, 2.75) is 57.5 Å². The Labute approximate surface area is 301 Å². The summed E-state index contributed by atoms with van der Waals surface area (Å²) in [4.78, 5) is 79.9. The summed E-state index contributed by atoms with van der Waals surface area (Å²) < 4.78 is 0. The van der Waals surface area contributed by atoms with Crippen molar-refractivity contribution in [3.8, 4) is 0 Å². The van der Waals surface area contributed by atoms with E-state index in [9.17, 15) is 24.0 Å². The fraction of sp³-hybridized carbons (Fsp3) is 0.447. The van der Waals surface area contributed by atoms with E-state index in [2.05, 4.69) is 42.5 Å². The number of hydrogen-bond acceptors (Lipinski definition) is 11. The van der Waals surface area contributed by atoms with E-state index in [1.165, 1.54) is 6.42 Å². The number of anilines is 4. The zero-order valence-corrected chi connectivity index (χ0v) is 29.1. The summed E-state index contributed by atoms with van der Waals surface area (Å²) in [6.07, 6.45) is 7.49. The summed E-state index contributed by atoms with van der Waals surface area (Å²) in [5.41, 5.74) is 9.25. The molecule has 4 fully saturated rings. The maximum atomic E-state index is 13.4. The average Bonchev–Trinajstić information content (AvgIpc) is 3.40. The average molecular weight is 706 g/mol. The Kier molecular flexibility index (Phi) is 9.08. The van der Waals surface area contributed by atoms with E-state index in [0.717, 1.165) is 92.6 Å². The van der Waals surface area contributed by atoms with Gasteiger partial charge < -0.3 is 20.9 Å². The molecule has 52 heavy (non-hydrogen) atoms. The van der Waals surface area contributed by atoms with Crippen molar-refractivity contribution >= 4 is 52.5 Å². The molecule has 6 heterocycles. The second-order valence-corrected chi connectivity index (χ2v) is 14.6. The van der Waals surface area contributed by atoms with Crippen molar-refractivity contribution in [3.05, 3.63) is 71.0 Å². The number of imide groups is 2. The van der Waals surface area contributed by atoms with Gasteiger partial charge in [0.2, 0.25) is 11.8 Å². The summed E-state index contributed by atoms with van der Waals surface area (Å²) in [6, 6.07) is 12.6. The van der Waals surface area contributed by atoms with Gasteiger partial charge in [0.05, 0.1) is 17.3 Å². The number of primary amides is 1. The highest BCUT2D eigenvalue weighted by molar-refractivity contribution is 6.23. The lowest BCUT2D eigenvalue weighted by atomic mass is 9.80. The number of benzene rings is 2. The van der Waals surface area contributed by atoms with Crippen molar-refractivity contribution in [1.82, 2.24) is 25.1 Å². The number of carbonyl (C=O) groups is 5. The number of hydrogen-bond donors (Lipinski definition) is 3. The van der Waals surface area contributed by atoms with Gasteiger partial charge in [-0.3, -0.25) is 39.1 Å².